The maximum atomic E-state index is 5.30. The molecule has 11 heavy (non-hydrogen) atoms. The first-order valence-electron chi connectivity index (χ1n) is 4.58. The molecule has 0 aromatic carbocycles. The van der Waals surface area contributed by atoms with Gasteiger partial charge in [0.2, 0.25) is 0 Å². The molecule has 2 nitrogen and oxygen atoms in total. The van der Waals surface area contributed by atoms with Gasteiger partial charge in [0.1, 0.15) is 0 Å². The van der Waals surface area contributed by atoms with Gasteiger partial charge in [0.15, 0.2) is 0 Å². The first-order chi connectivity index (χ1) is 5.33. The summed E-state index contributed by atoms with van der Waals surface area (Å²) >= 11 is 0. The van der Waals surface area contributed by atoms with E-state index in [9.17, 15) is 0 Å². The summed E-state index contributed by atoms with van der Waals surface area (Å²) in [5.74, 6) is 0.839. The minimum atomic E-state index is 0.663. The van der Waals surface area contributed by atoms with Crippen LogP contribution in [0.3, 0.4) is 0 Å². The fourth-order valence-electron chi connectivity index (χ4n) is 1.44. The lowest BCUT2D eigenvalue weighted by atomic mass is 10.0. The molecule has 2 atom stereocenters. The van der Waals surface area contributed by atoms with Crippen LogP contribution in [-0.4, -0.2) is 26.3 Å². The van der Waals surface area contributed by atoms with E-state index in [1.165, 1.54) is 19.3 Å². The fraction of sp³-hybridized carbons (Fsp3) is 1.00. The van der Waals surface area contributed by atoms with E-state index in [1.807, 2.05) is 7.05 Å². The van der Waals surface area contributed by atoms with E-state index in [-0.39, 0.29) is 0 Å². The van der Waals surface area contributed by atoms with Crippen LogP contribution in [0.15, 0.2) is 0 Å². The van der Waals surface area contributed by atoms with Crippen LogP contribution in [0.25, 0.3) is 0 Å². The van der Waals surface area contributed by atoms with Crippen molar-refractivity contribution < 1.29 is 4.74 Å². The van der Waals surface area contributed by atoms with Gasteiger partial charge in [-0.05, 0) is 39.2 Å². The highest BCUT2D eigenvalue weighted by molar-refractivity contribution is 4.67. The molecule has 1 saturated heterocycles. The summed E-state index contributed by atoms with van der Waals surface area (Å²) in [4.78, 5) is 0. The third-order valence-corrected chi connectivity index (χ3v) is 2.52. The molecule has 1 aliphatic rings. The Kier molecular flexibility index (Phi) is 3.87. The van der Waals surface area contributed by atoms with Crippen LogP contribution in [0.5, 0.6) is 0 Å². The van der Waals surface area contributed by atoms with E-state index in [2.05, 4.69) is 12.2 Å². The zero-order valence-electron chi connectivity index (χ0n) is 7.60. The minimum absolute atomic E-state index is 0.663. The van der Waals surface area contributed by atoms with E-state index in [1.54, 1.807) is 0 Å². The van der Waals surface area contributed by atoms with Crippen LogP contribution < -0.4 is 5.32 Å². The van der Waals surface area contributed by atoms with Crippen molar-refractivity contribution in [2.45, 2.75) is 32.2 Å². The van der Waals surface area contributed by atoms with E-state index in [0.29, 0.717) is 6.04 Å². The van der Waals surface area contributed by atoms with Crippen molar-refractivity contribution in [3.05, 3.63) is 0 Å². The lowest BCUT2D eigenvalue weighted by Crippen LogP contribution is -2.21. The summed E-state index contributed by atoms with van der Waals surface area (Å²) in [5.41, 5.74) is 0. The summed E-state index contributed by atoms with van der Waals surface area (Å²) in [6.07, 6.45) is 3.88. The molecule has 1 heterocycles. The highest BCUT2D eigenvalue weighted by atomic mass is 16.5. The van der Waals surface area contributed by atoms with Gasteiger partial charge in [0, 0.05) is 19.3 Å². The van der Waals surface area contributed by atoms with Crippen LogP contribution in [0, 0.1) is 5.92 Å². The maximum Gasteiger partial charge on any atom is 0.0495 e. The molecule has 0 aromatic heterocycles. The molecular weight excluding hydrogens is 138 g/mol. The van der Waals surface area contributed by atoms with E-state index >= 15 is 0 Å². The summed E-state index contributed by atoms with van der Waals surface area (Å²) in [6, 6.07) is 0.663. The average molecular weight is 157 g/mol. The molecular formula is C9H19NO. The number of ether oxygens (including phenoxy) is 1. The molecule has 0 spiro atoms. The Bertz CT molecular complexity index is 99.7. The van der Waals surface area contributed by atoms with Crippen molar-refractivity contribution >= 4 is 0 Å². The second kappa shape index (κ2) is 4.73. The lowest BCUT2D eigenvalue weighted by molar-refractivity contribution is 0.183. The van der Waals surface area contributed by atoms with Gasteiger partial charge in [-0.15, -0.1) is 0 Å². The van der Waals surface area contributed by atoms with Gasteiger partial charge in [-0.1, -0.05) is 0 Å². The molecule has 2 heteroatoms. The van der Waals surface area contributed by atoms with Gasteiger partial charge in [0.25, 0.3) is 0 Å². The van der Waals surface area contributed by atoms with Crippen molar-refractivity contribution in [1.29, 1.82) is 0 Å². The van der Waals surface area contributed by atoms with Crippen LogP contribution in [0.2, 0.25) is 0 Å². The van der Waals surface area contributed by atoms with E-state index in [0.717, 1.165) is 19.1 Å². The topological polar surface area (TPSA) is 21.3 Å². The SMILES string of the molecule is CNC(C)CCC1CCOC1. The molecule has 0 saturated carbocycles. The van der Waals surface area contributed by atoms with Crippen LogP contribution >= 0.6 is 0 Å². The van der Waals surface area contributed by atoms with Crippen LogP contribution in [0.1, 0.15) is 26.2 Å². The van der Waals surface area contributed by atoms with Crippen LogP contribution in [0.4, 0.5) is 0 Å². The Morgan fingerprint density at radius 3 is 3.00 bits per heavy atom. The third kappa shape index (κ3) is 3.21. The van der Waals surface area contributed by atoms with Crippen molar-refractivity contribution in [1.82, 2.24) is 5.32 Å². The van der Waals surface area contributed by atoms with E-state index < -0.39 is 0 Å². The number of hydrogen-bond donors (Lipinski definition) is 1. The second-order valence-electron chi connectivity index (χ2n) is 3.50. The zero-order chi connectivity index (χ0) is 8.10. The van der Waals surface area contributed by atoms with Crippen molar-refractivity contribution in [2.24, 2.45) is 5.92 Å². The van der Waals surface area contributed by atoms with Crippen molar-refractivity contribution in [3.63, 3.8) is 0 Å². The number of nitrogens with one attached hydrogen (secondary N) is 1. The van der Waals surface area contributed by atoms with Crippen molar-refractivity contribution in [3.8, 4) is 0 Å². The predicted molar refractivity (Wildman–Crippen MR) is 46.7 cm³/mol. The summed E-state index contributed by atoms with van der Waals surface area (Å²) in [5, 5.41) is 3.25. The lowest BCUT2D eigenvalue weighted by Gasteiger charge is -2.12. The first-order valence-corrected chi connectivity index (χ1v) is 4.58. The second-order valence-corrected chi connectivity index (χ2v) is 3.50. The summed E-state index contributed by atoms with van der Waals surface area (Å²) in [6.45, 7) is 4.21. The fourth-order valence-corrected chi connectivity index (χ4v) is 1.44. The number of rotatable bonds is 4. The molecule has 1 fully saturated rings. The normalized spacial score (nSPS) is 27.3. The predicted octanol–water partition coefficient (Wildman–Crippen LogP) is 1.41. The summed E-state index contributed by atoms with van der Waals surface area (Å²) in [7, 11) is 2.02. The Morgan fingerprint density at radius 2 is 2.45 bits per heavy atom. The van der Waals surface area contributed by atoms with Crippen molar-refractivity contribution in [2.75, 3.05) is 20.3 Å². The Balaban J connectivity index is 2.01. The standard InChI is InChI=1S/C9H19NO/c1-8(10-2)3-4-9-5-6-11-7-9/h8-10H,3-7H2,1-2H3. The smallest absolute Gasteiger partial charge is 0.0495 e. The Hall–Kier alpha value is -0.0800. The molecule has 0 radical (unpaired) electrons. The first kappa shape index (κ1) is 9.01. The zero-order valence-corrected chi connectivity index (χ0v) is 7.60. The molecule has 0 amide bonds. The van der Waals surface area contributed by atoms with Gasteiger partial charge in [-0.2, -0.15) is 0 Å². The third-order valence-electron chi connectivity index (χ3n) is 2.52. The van der Waals surface area contributed by atoms with Crippen LogP contribution in [-0.2, 0) is 4.74 Å². The highest BCUT2D eigenvalue weighted by Gasteiger charge is 2.15. The highest BCUT2D eigenvalue weighted by Crippen LogP contribution is 2.18. The quantitative estimate of drug-likeness (QED) is 0.666. The minimum Gasteiger partial charge on any atom is -0.381 e. The van der Waals surface area contributed by atoms with Gasteiger partial charge < -0.3 is 10.1 Å². The molecule has 0 aromatic rings. The van der Waals surface area contributed by atoms with Gasteiger partial charge in [0.05, 0.1) is 0 Å². The molecule has 1 rings (SSSR count). The average Bonchev–Trinajstić information content (AvgIpc) is 2.52. The van der Waals surface area contributed by atoms with E-state index in [4.69, 9.17) is 4.74 Å². The van der Waals surface area contributed by atoms with Gasteiger partial charge in [-0.25, -0.2) is 0 Å². The largest absolute Gasteiger partial charge is 0.381 e. The maximum absolute atomic E-state index is 5.30. The molecule has 0 aliphatic carbocycles. The Morgan fingerprint density at radius 1 is 1.64 bits per heavy atom. The van der Waals surface area contributed by atoms with Gasteiger partial charge >= 0.3 is 0 Å². The molecule has 1 N–H and O–H groups in total. The Labute approximate surface area is 69.3 Å². The number of hydrogen-bond acceptors (Lipinski definition) is 2. The molecule has 2 unspecified atom stereocenters. The van der Waals surface area contributed by atoms with Gasteiger partial charge in [-0.3, -0.25) is 0 Å². The molecule has 0 bridgehead atoms. The summed E-state index contributed by atoms with van der Waals surface area (Å²) < 4.78 is 5.30. The molecule has 66 valence electrons. The molecule has 1 aliphatic heterocycles. The monoisotopic (exact) mass is 157 g/mol.